The first-order valence-corrected chi connectivity index (χ1v) is 15.6. The van der Waals surface area contributed by atoms with Crippen molar-refractivity contribution in [3.8, 4) is 6.07 Å². The molecule has 2 saturated heterocycles. The highest BCUT2D eigenvalue weighted by atomic mass is 32.1. The summed E-state index contributed by atoms with van der Waals surface area (Å²) in [6, 6.07) is 21.7. The molecular weight excluding hydrogens is 604 g/mol. The molecule has 2 aliphatic heterocycles. The number of nitrogens with one attached hydrogen (secondary N) is 2. The van der Waals surface area contributed by atoms with E-state index >= 15 is 0 Å². The minimum Gasteiger partial charge on any atom is -0.375 e. The van der Waals surface area contributed by atoms with Crippen LogP contribution in [-0.4, -0.2) is 84.7 Å². The molecule has 13 nitrogen and oxygen atoms in total. The molecule has 14 heteroatoms. The Kier molecular flexibility index (Phi) is 7.69. The van der Waals surface area contributed by atoms with Crippen LogP contribution in [0.15, 0.2) is 72.9 Å². The van der Waals surface area contributed by atoms with E-state index in [1.165, 1.54) is 16.3 Å². The molecule has 0 radical (unpaired) electrons. The number of nitrogens with two attached hydrogens (primary N) is 1. The summed E-state index contributed by atoms with van der Waals surface area (Å²) in [4.78, 5) is 49.3. The van der Waals surface area contributed by atoms with Gasteiger partial charge >= 0.3 is 6.03 Å². The monoisotopic (exact) mass is 634 g/mol. The number of carbonyl (C=O) groups is 3. The number of hydrogen-bond donors (Lipinski definition) is 3. The number of para-hydroxylation sites is 1. The van der Waals surface area contributed by atoms with Gasteiger partial charge in [-0.3, -0.25) is 14.7 Å². The van der Waals surface area contributed by atoms with Crippen LogP contribution in [0.25, 0.3) is 21.1 Å². The zero-order valence-corrected chi connectivity index (χ0v) is 25.5. The molecule has 46 heavy (non-hydrogen) atoms. The Hall–Kier alpha value is -5.52. The molecule has 4 amide bonds. The number of amides is 4. The summed E-state index contributed by atoms with van der Waals surface area (Å²) in [7, 11) is 0. The van der Waals surface area contributed by atoms with Crippen molar-refractivity contribution in [2.45, 2.75) is 31.7 Å². The lowest BCUT2D eigenvalue weighted by atomic mass is 9.99. The van der Waals surface area contributed by atoms with Gasteiger partial charge in [-0.25, -0.2) is 14.8 Å². The number of carbonyl (C=O) groups excluding carboxylic acids is 3. The third-order valence-corrected chi connectivity index (χ3v) is 9.28. The Labute approximate surface area is 267 Å². The van der Waals surface area contributed by atoms with Crippen LogP contribution < -0.4 is 11.1 Å². The number of hydrogen-bond acceptors (Lipinski definition) is 9. The number of urea groups is 1. The molecule has 232 valence electrons. The SMILES string of the molecule is N#CCN(C(=O)NCc1ccccc1)N1CC(=O)N2[C@@H](Cc3ccc4[nH]ncc4c3)C(=O)N(Cc3cccc4sc(N)nc34)C[C@@H]21. The molecule has 0 unspecified atom stereocenters. The molecule has 7 rings (SSSR count). The standard InChI is InChI=1S/C32H30N10O3S/c33-11-12-40(32(45)35-15-20-5-2-1-3-6-20)41-19-28(43)42-25(14-21-9-10-24-23(13-21)16-36-38-24)30(44)39(18-27(41)42)17-22-7-4-8-26-29(22)37-31(34)46-26/h1-10,13,16,25,27H,12,14-15,17-19H2,(H2,34,37)(H,35,45)(H,36,38)/t25-,27+/m0/s1. The molecule has 2 fully saturated rings. The number of nitrogen functional groups attached to an aromatic ring is 1. The van der Waals surface area contributed by atoms with Crippen LogP contribution in [0.4, 0.5) is 9.93 Å². The van der Waals surface area contributed by atoms with E-state index in [-0.39, 0.29) is 51.0 Å². The second-order valence-corrected chi connectivity index (χ2v) is 12.3. The molecule has 2 atom stereocenters. The highest BCUT2D eigenvalue weighted by Gasteiger charge is 2.52. The molecule has 4 heterocycles. The number of nitrogens with zero attached hydrogens (tertiary/aromatic N) is 7. The summed E-state index contributed by atoms with van der Waals surface area (Å²) >= 11 is 1.38. The highest BCUT2D eigenvalue weighted by Crippen LogP contribution is 2.32. The first kappa shape index (κ1) is 29.2. The number of nitriles is 1. The zero-order valence-electron chi connectivity index (χ0n) is 24.7. The number of hydrazine groups is 1. The lowest BCUT2D eigenvalue weighted by Crippen LogP contribution is -2.66. The molecule has 0 spiro atoms. The van der Waals surface area contributed by atoms with Crippen LogP contribution in [0.3, 0.4) is 0 Å². The van der Waals surface area contributed by atoms with Gasteiger partial charge < -0.3 is 20.9 Å². The Bertz CT molecular complexity index is 1990. The Morgan fingerprint density at radius 3 is 2.80 bits per heavy atom. The molecule has 5 aromatic rings. The summed E-state index contributed by atoms with van der Waals surface area (Å²) in [5.74, 6) is -0.500. The average molecular weight is 635 g/mol. The highest BCUT2D eigenvalue weighted by molar-refractivity contribution is 7.22. The quantitative estimate of drug-likeness (QED) is 0.219. The first-order valence-electron chi connectivity index (χ1n) is 14.8. The average Bonchev–Trinajstić information content (AvgIpc) is 3.77. The summed E-state index contributed by atoms with van der Waals surface area (Å²) in [5.41, 5.74) is 10.2. The summed E-state index contributed by atoms with van der Waals surface area (Å²) in [6.07, 6.45) is 1.30. The zero-order chi connectivity index (χ0) is 31.8. The van der Waals surface area contributed by atoms with Crippen LogP contribution >= 0.6 is 11.3 Å². The summed E-state index contributed by atoms with van der Waals surface area (Å²) < 4.78 is 0.916. The number of aromatic nitrogens is 3. The van der Waals surface area contributed by atoms with Gasteiger partial charge in [-0.2, -0.15) is 15.4 Å². The van der Waals surface area contributed by atoms with E-state index in [1.54, 1.807) is 21.0 Å². The van der Waals surface area contributed by atoms with Gasteiger partial charge in [0.15, 0.2) is 5.13 Å². The molecule has 2 aliphatic rings. The molecule has 2 aromatic heterocycles. The predicted octanol–water partition coefficient (Wildman–Crippen LogP) is 2.83. The van der Waals surface area contributed by atoms with E-state index in [4.69, 9.17) is 5.73 Å². The normalized spacial score (nSPS) is 18.2. The van der Waals surface area contributed by atoms with Gasteiger partial charge in [0.2, 0.25) is 11.8 Å². The number of fused-ring (bicyclic) bond motifs is 3. The van der Waals surface area contributed by atoms with Gasteiger partial charge in [-0.15, -0.1) is 0 Å². The van der Waals surface area contributed by atoms with E-state index in [1.807, 2.05) is 66.7 Å². The summed E-state index contributed by atoms with van der Waals surface area (Å²) in [5, 5.41) is 23.8. The van der Waals surface area contributed by atoms with Crippen LogP contribution in [0.5, 0.6) is 0 Å². The van der Waals surface area contributed by atoms with Gasteiger partial charge in [-0.1, -0.05) is 59.9 Å². The van der Waals surface area contributed by atoms with Gasteiger partial charge in [-0.05, 0) is 34.9 Å². The van der Waals surface area contributed by atoms with Crippen LogP contribution in [0, 0.1) is 11.3 Å². The third-order valence-electron chi connectivity index (χ3n) is 8.43. The maximum Gasteiger partial charge on any atom is 0.333 e. The van der Waals surface area contributed by atoms with Crippen molar-refractivity contribution in [1.29, 1.82) is 5.26 Å². The Morgan fingerprint density at radius 2 is 1.98 bits per heavy atom. The van der Waals surface area contributed by atoms with Crippen molar-refractivity contribution in [2.24, 2.45) is 0 Å². The molecule has 0 aliphatic carbocycles. The first-order chi connectivity index (χ1) is 22.4. The second-order valence-electron chi connectivity index (χ2n) is 11.3. The Morgan fingerprint density at radius 1 is 1.13 bits per heavy atom. The number of rotatable bonds is 8. The molecular formula is C32H30N10O3S. The van der Waals surface area contributed by atoms with E-state index < -0.39 is 18.2 Å². The summed E-state index contributed by atoms with van der Waals surface area (Å²) in [6.45, 7) is 0.197. The fourth-order valence-electron chi connectivity index (χ4n) is 6.30. The molecule has 0 saturated carbocycles. The van der Waals surface area contributed by atoms with E-state index in [9.17, 15) is 19.6 Å². The van der Waals surface area contributed by atoms with Crippen molar-refractivity contribution in [3.05, 3.63) is 89.6 Å². The largest absolute Gasteiger partial charge is 0.375 e. The topological polar surface area (TPSA) is 168 Å². The number of aromatic amines is 1. The molecule has 4 N–H and O–H groups in total. The number of H-pyrrole nitrogens is 1. The third kappa shape index (κ3) is 5.46. The van der Waals surface area contributed by atoms with Crippen molar-refractivity contribution in [1.82, 2.24) is 40.3 Å². The van der Waals surface area contributed by atoms with Gasteiger partial charge in [0.05, 0.1) is 41.1 Å². The minimum atomic E-state index is -0.836. The predicted molar refractivity (Wildman–Crippen MR) is 171 cm³/mol. The fraction of sp³-hybridized carbons (Fsp3) is 0.250. The lowest BCUT2D eigenvalue weighted by Gasteiger charge is -2.46. The van der Waals surface area contributed by atoms with Crippen LogP contribution in [0.2, 0.25) is 0 Å². The number of thiazole rings is 1. The number of anilines is 1. The van der Waals surface area contributed by atoms with E-state index in [2.05, 4.69) is 26.6 Å². The minimum absolute atomic E-state index is 0.131. The van der Waals surface area contributed by atoms with Crippen molar-refractivity contribution in [2.75, 3.05) is 25.4 Å². The number of piperazine rings is 1. The van der Waals surface area contributed by atoms with Crippen molar-refractivity contribution < 1.29 is 14.4 Å². The maximum atomic E-state index is 14.3. The van der Waals surface area contributed by atoms with Crippen molar-refractivity contribution >= 4 is 55.4 Å². The van der Waals surface area contributed by atoms with Gasteiger partial charge in [0.25, 0.3) is 0 Å². The van der Waals surface area contributed by atoms with Crippen molar-refractivity contribution in [3.63, 3.8) is 0 Å². The van der Waals surface area contributed by atoms with Crippen LogP contribution in [0.1, 0.15) is 16.7 Å². The molecule has 0 bridgehead atoms. The maximum absolute atomic E-state index is 14.3. The van der Waals surface area contributed by atoms with E-state index in [0.717, 1.165) is 37.8 Å². The van der Waals surface area contributed by atoms with E-state index in [0.29, 0.717) is 5.13 Å². The smallest absolute Gasteiger partial charge is 0.333 e. The second kappa shape index (κ2) is 12.1. The van der Waals surface area contributed by atoms with Gasteiger partial charge in [0.1, 0.15) is 18.8 Å². The van der Waals surface area contributed by atoms with Gasteiger partial charge in [0, 0.05) is 24.9 Å². The fourth-order valence-corrected chi connectivity index (χ4v) is 7.08. The lowest BCUT2D eigenvalue weighted by molar-refractivity contribution is -0.157. The molecule has 3 aromatic carbocycles. The number of benzene rings is 3. The Balaban J connectivity index is 1.22. The van der Waals surface area contributed by atoms with Crippen LogP contribution in [-0.2, 0) is 29.1 Å².